The molecule has 2 rings (SSSR count). The molecule has 0 saturated carbocycles. The van der Waals surface area contributed by atoms with Crippen LogP contribution in [0, 0.1) is 0 Å². The second-order valence-corrected chi connectivity index (χ2v) is 3.55. The summed E-state index contributed by atoms with van der Waals surface area (Å²) in [4.78, 5) is 8.62. The zero-order valence-electron chi connectivity index (χ0n) is 9.20. The summed E-state index contributed by atoms with van der Waals surface area (Å²) < 4.78 is 2.13. The molecule has 0 spiro atoms. The lowest BCUT2D eigenvalue weighted by molar-refractivity contribution is 0.680. The van der Waals surface area contributed by atoms with E-state index in [4.69, 9.17) is 0 Å². The Morgan fingerprint density at radius 2 is 2.33 bits per heavy atom. The molecule has 0 atom stereocenters. The predicted octanol–water partition coefficient (Wildman–Crippen LogP) is 1.12. The molecule has 0 fully saturated rings. The van der Waals surface area contributed by atoms with Crippen LogP contribution in [-0.4, -0.2) is 27.6 Å². The molecule has 4 nitrogen and oxygen atoms in total. The predicted molar refractivity (Wildman–Crippen MR) is 60.8 cm³/mol. The number of pyridine rings is 1. The minimum atomic E-state index is 0.957. The Hall–Kier alpha value is -1.42. The maximum atomic E-state index is 4.54. The highest BCUT2D eigenvalue weighted by atomic mass is 15.1. The van der Waals surface area contributed by atoms with Crippen LogP contribution in [0.2, 0.25) is 0 Å². The van der Waals surface area contributed by atoms with Crippen LogP contribution < -0.4 is 5.32 Å². The molecule has 0 saturated heterocycles. The van der Waals surface area contributed by atoms with Gasteiger partial charge in [-0.1, -0.05) is 6.92 Å². The maximum Gasteiger partial charge on any atom is 0.110 e. The second kappa shape index (κ2) is 4.40. The van der Waals surface area contributed by atoms with E-state index in [2.05, 4.69) is 33.8 Å². The molecular weight excluding hydrogens is 188 g/mol. The number of likely N-dealkylation sites (N-methyl/N-ethyl adjacent to an activating group) is 1. The maximum absolute atomic E-state index is 4.54. The van der Waals surface area contributed by atoms with Crippen LogP contribution >= 0.6 is 0 Å². The average Bonchev–Trinajstić information content (AvgIpc) is 2.57. The lowest BCUT2D eigenvalue weighted by atomic mass is 10.4. The molecule has 2 aromatic heterocycles. The SMILES string of the molecule is CCNCCc1nc2cnccc2n1C. The smallest absolute Gasteiger partial charge is 0.110 e. The van der Waals surface area contributed by atoms with E-state index in [1.165, 1.54) is 0 Å². The van der Waals surface area contributed by atoms with E-state index in [9.17, 15) is 0 Å². The number of aryl methyl sites for hydroxylation is 1. The van der Waals surface area contributed by atoms with Gasteiger partial charge in [0.25, 0.3) is 0 Å². The van der Waals surface area contributed by atoms with E-state index in [-0.39, 0.29) is 0 Å². The molecule has 2 heterocycles. The van der Waals surface area contributed by atoms with Crippen LogP contribution in [0.25, 0.3) is 11.0 Å². The van der Waals surface area contributed by atoms with Crippen LogP contribution in [0.5, 0.6) is 0 Å². The Kier molecular flexibility index (Phi) is 2.97. The molecule has 0 aliphatic rings. The molecule has 0 amide bonds. The Labute approximate surface area is 89.3 Å². The number of imidazole rings is 1. The van der Waals surface area contributed by atoms with Crippen molar-refractivity contribution in [3.05, 3.63) is 24.3 Å². The van der Waals surface area contributed by atoms with Crippen molar-refractivity contribution in [3.8, 4) is 0 Å². The Bertz CT molecular complexity index is 447. The van der Waals surface area contributed by atoms with Crippen LogP contribution in [0.15, 0.2) is 18.5 Å². The monoisotopic (exact) mass is 204 g/mol. The minimum Gasteiger partial charge on any atom is -0.331 e. The van der Waals surface area contributed by atoms with E-state index in [1.54, 1.807) is 6.20 Å². The van der Waals surface area contributed by atoms with Crippen molar-refractivity contribution >= 4 is 11.0 Å². The normalized spacial score (nSPS) is 11.1. The van der Waals surface area contributed by atoms with Gasteiger partial charge >= 0.3 is 0 Å². The van der Waals surface area contributed by atoms with Crippen molar-refractivity contribution in [2.45, 2.75) is 13.3 Å². The van der Waals surface area contributed by atoms with E-state index >= 15 is 0 Å². The molecule has 0 aliphatic carbocycles. The third-order valence-corrected chi connectivity index (χ3v) is 2.55. The summed E-state index contributed by atoms with van der Waals surface area (Å²) in [6, 6.07) is 2.00. The van der Waals surface area contributed by atoms with Crippen LogP contribution in [0.3, 0.4) is 0 Å². The summed E-state index contributed by atoms with van der Waals surface area (Å²) in [5, 5.41) is 3.30. The molecule has 0 unspecified atom stereocenters. The topological polar surface area (TPSA) is 42.7 Å². The molecular formula is C11H16N4. The third kappa shape index (κ3) is 1.99. The molecule has 0 aliphatic heterocycles. The summed E-state index contributed by atoms with van der Waals surface area (Å²) >= 11 is 0. The van der Waals surface area contributed by atoms with Crippen molar-refractivity contribution in [2.75, 3.05) is 13.1 Å². The van der Waals surface area contributed by atoms with Crippen LogP contribution in [-0.2, 0) is 13.5 Å². The first kappa shape index (κ1) is 10.1. The summed E-state index contributed by atoms with van der Waals surface area (Å²) in [6.45, 7) is 4.09. The highest BCUT2D eigenvalue weighted by Crippen LogP contribution is 2.12. The Morgan fingerprint density at radius 1 is 1.47 bits per heavy atom. The minimum absolute atomic E-state index is 0.957. The van der Waals surface area contributed by atoms with Gasteiger partial charge in [0.2, 0.25) is 0 Å². The lowest BCUT2D eigenvalue weighted by Gasteiger charge is -2.02. The fraction of sp³-hybridized carbons (Fsp3) is 0.455. The van der Waals surface area contributed by atoms with E-state index in [0.29, 0.717) is 0 Å². The molecule has 0 radical (unpaired) electrons. The molecule has 15 heavy (non-hydrogen) atoms. The molecule has 4 heteroatoms. The Balaban J connectivity index is 2.24. The number of nitrogens with one attached hydrogen (secondary N) is 1. The number of hydrogen-bond donors (Lipinski definition) is 1. The zero-order valence-corrected chi connectivity index (χ0v) is 9.20. The third-order valence-electron chi connectivity index (χ3n) is 2.55. The van der Waals surface area contributed by atoms with Gasteiger partial charge in [-0.2, -0.15) is 0 Å². The van der Waals surface area contributed by atoms with Crippen molar-refractivity contribution < 1.29 is 0 Å². The Morgan fingerprint density at radius 3 is 3.07 bits per heavy atom. The van der Waals surface area contributed by atoms with Gasteiger partial charge in [0, 0.05) is 26.2 Å². The van der Waals surface area contributed by atoms with Crippen molar-refractivity contribution in [3.63, 3.8) is 0 Å². The van der Waals surface area contributed by atoms with Crippen molar-refractivity contribution in [2.24, 2.45) is 7.05 Å². The first-order chi connectivity index (χ1) is 7.33. The summed E-state index contributed by atoms with van der Waals surface area (Å²) in [7, 11) is 2.05. The lowest BCUT2D eigenvalue weighted by Crippen LogP contribution is -2.17. The van der Waals surface area contributed by atoms with Crippen molar-refractivity contribution in [1.29, 1.82) is 0 Å². The van der Waals surface area contributed by atoms with Gasteiger partial charge in [0.1, 0.15) is 11.3 Å². The molecule has 1 N–H and O–H groups in total. The summed E-state index contributed by atoms with van der Waals surface area (Å²) in [6.07, 6.45) is 4.57. The van der Waals surface area contributed by atoms with Gasteiger partial charge < -0.3 is 9.88 Å². The fourth-order valence-corrected chi connectivity index (χ4v) is 1.70. The molecule has 0 aromatic carbocycles. The number of rotatable bonds is 4. The van der Waals surface area contributed by atoms with Gasteiger partial charge in [-0.05, 0) is 12.6 Å². The van der Waals surface area contributed by atoms with E-state index < -0.39 is 0 Å². The van der Waals surface area contributed by atoms with Gasteiger partial charge in [-0.15, -0.1) is 0 Å². The van der Waals surface area contributed by atoms with Gasteiger partial charge in [0.05, 0.1) is 11.7 Å². The van der Waals surface area contributed by atoms with Crippen molar-refractivity contribution in [1.82, 2.24) is 19.9 Å². The first-order valence-electron chi connectivity index (χ1n) is 5.29. The van der Waals surface area contributed by atoms with E-state index in [1.807, 2.05) is 12.3 Å². The molecule has 80 valence electrons. The average molecular weight is 204 g/mol. The second-order valence-electron chi connectivity index (χ2n) is 3.55. The fourth-order valence-electron chi connectivity index (χ4n) is 1.70. The van der Waals surface area contributed by atoms with Gasteiger partial charge in [-0.25, -0.2) is 4.98 Å². The molecule has 2 aromatic rings. The summed E-state index contributed by atoms with van der Waals surface area (Å²) in [5.74, 6) is 1.11. The first-order valence-corrected chi connectivity index (χ1v) is 5.29. The number of nitrogens with zero attached hydrogens (tertiary/aromatic N) is 3. The standard InChI is InChI=1S/C11H16N4/c1-3-12-7-5-11-14-9-8-13-6-4-10(9)15(11)2/h4,6,8,12H,3,5,7H2,1-2H3. The van der Waals surface area contributed by atoms with E-state index in [0.717, 1.165) is 36.4 Å². The largest absolute Gasteiger partial charge is 0.331 e. The molecule has 0 bridgehead atoms. The highest BCUT2D eigenvalue weighted by molar-refractivity contribution is 5.74. The quantitative estimate of drug-likeness (QED) is 0.759. The number of hydrogen-bond acceptors (Lipinski definition) is 3. The number of fused-ring (bicyclic) bond motifs is 1. The van der Waals surface area contributed by atoms with Crippen LogP contribution in [0.1, 0.15) is 12.7 Å². The highest BCUT2D eigenvalue weighted by Gasteiger charge is 2.06. The summed E-state index contributed by atoms with van der Waals surface area (Å²) in [5.41, 5.74) is 2.13. The van der Waals surface area contributed by atoms with Crippen LogP contribution in [0.4, 0.5) is 0 Å². The van der Waals surface area contributed by atoms with Gasteiger partial charge in [-0.3, -0.25) is 4.98 Å². The number of aromatic nitrogens is 3. The zero-order chi connectivity index (χ0) is 10.7. The van der Waals surface area contributed by atoms with Gasteiger partial charge in [0.15, 0.2) is 0 Å².